The van der Waals surface area contributed by atoms with Gasteiger partial charge in [0.2, 0.25) is 0 Å². The smallest absolute Gasteiger partial charge is 0.125 e. The van der Waals surface area contributed by atoms with Gasteiger partial charge in [-0.25, -0.2) is 4.39 Å². The van der Waals surface area contributed by atoms with Crippen LogP contribution in [0.1, 0.15) is 18.1 Å². The summed E-state index contributed by atoms with van der Waals surface area (Å²) < 4.78 is 13.5. The van der Waals surface area contributed by atoms with E-state index in [0.29, 0.717) is 11.3 Å². The first kappa shape index (κ1) is 15.1. The summed E-state index contributed by atoms with van der Waals surface area (Å²) >= 11 is 0. The first-order chi connectivity index (χ1) is 9.82. The van der Waals surface area contributed by atoms with Gasteiger partial charge in [-0.15, -0.1) is 0 Å². The zero-order chi connectivity index (χ0) is 15.6. The second-order valence-corrected chi connectivity index (χ2v) is 5.37. The van der Waals surface area contributed by atoms with Crippen LogP contribution < -0.4 is 5.32 Å². The first-order valence-electron chi connectivity index (χ1n) is 6.52. The van der Waals surface area contributed by atoms with Crippen LogP contribution in [0.15, 0.2) is 36.4 Å². The van der Waals surface area contributed by atoms with Crippen LogP contribution >= 0.6 is 0 Å². The molecule has 0 aromatic heterocycles. The summed E-state index contributed by atoms with van der Waals surface area (Å²) in [6, 6.07) is 8.56. The molecule has 2 rings (SSSR count). The number of aliphatic hydroxyl groups excluding tert-OH is 1. The fraction of sp³-hybridized carbons (Fsp3) is 0.250. The number of rotatable bonds is 4. The molecule has 5 heteroatoms. The van der Waals surface area contributed by atoms with Crippen molar-refractivity contribution in [1.82, 2.24) is 0 Å². The summed E-state index contributed by atoms with van der Waals surface area (Å²) in [5.74, 6) is -0.597. The molecule has 0 fully saturated rings. The van der Waals surface area contributed by atoms with Crippen molar-refractivity contribution in [1.29, 1.82) is 0 Å². The molecule has 0 aliphatic carbocycles. The zero-order valence-electron chi connectivity index (χ0n) is 11.9. The second-order valence-electron chi connectivity index (χ2n) is 5.37. The van der Waals surface area contributed by atoms with E-state index in [1.54, 1.807) is 19.9 Å². The highest BCUT2D eigenvalue weighted by Gasteiger charge is 2.27. The van der Waals surface area contributed by atoms with Gasteiger partial charge in [0.1, 0.15) is 17.3 Å². The van der Waals surface area contributed by atoms with Crippen molar-refractivity contribution in [2.45, 2.75) is 19.4 Å². The number of aliphatic hydroxyl groups is 1. The highest BCUT2D eigenvalue weighted by molar-refractivity contribution is 5.51. The van der Waals surface area contributed by atoms with Gasteiger partial charge in [-0.3, -0.25) is 0 Å². The van der Waals surface area contributed by atoms with Crippen LogP contribution in [-0.4, -0.2) is 21.9 Å². The van der Waals surface area contributed by atoms with E-state index >= 15 is 0 Å². The summed E-state index contributed by atoms with van der Waals surface area (Å²) in [7, 11) is 0. The molecule has 0 aliphatic rings. The Balaban J connectivity index is 2.40. The standard InChI is InChI=1S/C16H18FNO3/c1-10-3-12(17)7-13(4-10)18-16(2,9-19)11-5-14(20)8-15(21)6-11/h3-8,18-21H,9H2,1-2H3. The average molecular weight is 291 g/mol. The molecule has 21 heavy (non-hydrogen) atoms. The number of phenolic OH excluding ortho intramolecular Hbond substituents is 2. The van der Waals surface area contributed by atoms with E-state index in [-0.39, 0.29) is 23.9 Å². The van der Waals surface area contributed by atoms with Crippen molar-refractivity contribution in [3.05, 3.63) is 53.3 Å². The highest BCUT2D eigenvalue weighted by atomic mass is 19.1. The molecule has 0 spiro atoms. The molecular weight excluding hydrogens is 273 g/mol. The molecule has 0 heterocycles. The van der Waals surface area contributed by atoms with Crippen LogP contribution in [0, 0.1) is 12.7 Å². The van der Waals surface area contributed by atoms with Crippen LogP contribution in [-0.2, 0) is 5.54 Å². The topological polar surface area (TPSA) is 72.7 Å². The molecule has 2 aromatic carbocycles. The minimum Gasteiger partial charge on any atom is -0.508 e. The highest BCUT2D eigenvalue weighted by Crippen LogP contribution is 2.31. The van der Waals surface area contributed by atoms with Crippen molar-refractivity contribution in [2.75, 3.05) is 11.9 Å². The SMILES string of the molecule is Cc1cc(F)cc(NC(C)(CO)c2cc(O)cc(O)c2)c1. The lowest BCUT2D eigenvalue weighted by Gasteiger charge is -2.31. The molecule has 112 valence electrons. The maximum Gasteiger partial charge on any atom is 0.125 e. The fourth-order valence-corrected chi connectivity index (χ4v) is 2.24. The third kappa shape index (κ3) is 3.44. The van der Waals surface area contributed by atoms with Gasteiger partial charge in [0.05, 0.1) is 12.1 Å². The van der Waals surface area contributed by atoms with Crippen LogP contribution in [0.3, 0.4) is 0 Å². The Bertz CT molecular complexity index is 619. The number of aromatic hydroxyl groups is 2. The van der Waals surface area contributed by atoms with Crippen LogP contribution in [0.2, 0.25) is 0 Å². The quantitative estimate of drug-likeness (QED) is 0.699. The Morgan fingerprint density at radius 2 is 1.67 bits per heavy atom. The molecule has 0 aliphatic heterocycles. The van der Waals surface area contributed by atoms with Crippen molar-refractivity contribution in [3.8, 4) is 11.5 Å². The van der Waals surface area contributed by atoms with E-state index < -0.39 is 5.54 Å². The van der Waals surface area contributed by atoms with Gasteiger partial charge < -0.3 is 20.6 Å². The van der Waals surface area contributed by atoms with Crippen LogP contribution in [0.25, 0.3) is 0 Å². The summed E-state index contributed by atoms with van der Waals surface area (Å²) in [5, 5.41) is 31.9. The van der Waals surface area contributed by atoms with Crippen molar-refractivity contribution in [3.63, 3.8) is 0 Å². The maximum atomic E-state index is 13.5. The van der Waals surface area contributed by atoms with E-state index in [0.717, 1.165) is 5.56 Å². The number of anilines is 1. The van der Waals surface area contributed by atoms with E-state index in [4.69, 9.17) is 0 Å². The molecule has 0 amide bonds. The second kappa shape index (κ2) is 5.61. The molecule has 1 atom stereocenters. The van der Waals surface area contributed by atoms with E-state index in [1.165, 1.54) is 30.3 Å². The summed E-state index contributed by atoms with van der Waals surface area (Å²) in [4.78, 5) is 0. The Hall–Kier alpha value is -2.27. The molecule has 0 saturated heterocycles. The predicted molar refractivity (Wildman–Crippen MR) is 79.0 cm³/mol. The monoisotopic (exact) mass is 291 g/mol. The molecule has 1 unspecified atom stereocenters. The molecule has 2 aromatic rings. The molecule has 0 radical (unpaired) electrons. The largest absolute Gasteiger partial charge is 0.508 e. The number of phenols is 2. The lowest BCUT2D eigenvalue weighted by Crippen LogP contribution is -2.35. The third-order valence-electron chi connectivity index (χ3n) is 3.32. The predicted octanol–water partition coefficient (Wildman–Crippen LogP) is 2.86. The molecular formula is C16H18FNO3. The number of hydrogen-bond acceptors (Lipinski definition) is 4. The van der Waals surface area contributed by atoms with Crippen LogP contribution in [0.4, 0.5) is 10.1 Å². The van der Waals surface area contributed by atoms with Gasteiger partial charge in [0.25, 0.3) is 0 Å². The van der Waals surface area contributed by atoms with E-state index in [1.807, 2.05) is 0 Å². The first-order valence-corrected chi connectivity index (χ1v) is 6.52. The Labute approximate surface area is 122 Å². The van der Waals surface area contributed by atoms with Gasteiger partial charge in [-0.1, -0.05) is 0 Å². The van der Waals surface area contributed by atoms with Crippen molar-refractivity contribution < 1.29 is 19.7 Å². The number of aryl methyl sites for hydroxylation is 1. The number of benzene rings is 2. The molecule has 4 nitrogen and oxygen atoms in total. The maximum absolute atomic E-state index is 13.5. The van der Waals surface area contributed by atoms with Crippen LogP contribution in [0.5, 0.6) is 11.5 Å². The Morgan fingerprint density at radius 1 is 1.05 bits per heavy atom. The summed E-state index contributed by atoms with van der Waals surface area (Å²) in [6.45, 7) is 3.16. The normalized spacial score (nSPS) is 13.7. The fourth-order valence-electron chi connectivity index (χ4n) is 2.24. The van der Waals surface area contributed by atoms with Gasteiger partial charge in [-0.05, 0) is 55.3 Å². The minimum atomic E-state index is -0.976. The zero-order valence-corrected chi connectivity index (χ0v) is 11.9. The Morgan fingerprint density at radius 3 is 2.19 bits per heavy atom. The molecule has 0 saturated carbocycles. The van der Waals surface area contributed by atoms with Crippen molar-refractivity contribution in [2.24, 2.45) is 0 Å². The summed E-state index contributed by atoms with van der Waals surface area (Å²) in [6.07, 6.45) is 0. The summed E-state index contributed by atoms with van der Waals surface area (Å²) in [5.41, 5.74) is 0.768. The van der Waals surface area contributed by atoms with E-state index in [2.05, 4.69) is 5.32 Å². The van der Waals surface area contributed by atoms with Crippen molar-refractivity contribution >= 4 is 5.69 Å². The average Bonchev–Trinajstić information content (AvgIpc) is 2.36. The van der Waals surface area contributed by atoms with Gasteiger partial charge >= 0.3 is 0 Å². The van der Waals surface area contributed by atoms with Gasteiger partial charge in [0, 0.05) is 11.8 Å². The minimum absolute atomic E-state index is 0.109. The Kier molecular flexibility index (Phi) is 4.04. The lowest BCUT2D eigenvalue weighted by atomic mass is 9.92. The van der Waals surface area contributed by atoms with E-state index in [9.17, 15) is 19.7 Å². The third-order valence-corrected chi connectivity index (χ3v) is 3.32. The number of nitrogens with one attached hydrogen (secondary N) is 1. The number of halogens is 1. The van der Waals surface area contributed by atoms with Gasteiger partial charge in [-0.2, -0.15) is 0 Å². The lowest BCUT2D eigenvalue weighted by molar-refractivity contribution is 0.223. The molecule has 4 N–H and O–H groups in total. The number of hydrogen-bond donors (Lipinski definition) is 4. The molecule has 0 bridgehead atoms. The van der Waals surface area contributed by atoms with Gasteiger partial charge in [0.15, 0.2) is 0 Å².